The number of terminal acetylenes is 1. The maximum absolute atomic E-state index is 5.26. The fourth-order valence-electron chi connectivity index (χ4n) is 0.603. The van der Waals surface area contributed by atoms with Gasteiger partial charge >= 0.3 is 0 Å². The van der Waals surface area contributed by atoms with Crippen LogP contribution in [0.2, 0.25) is 5.04 Å². The summed E-state index contributed by atoms with van der Waals surface area (Å²) in [7, 11) is 0.805. The third kappa shape index (κ3) is 2.45. The van der Waals surface area contributed by atoms with Crippen LogP contribution in [0.1, 0.15) is 13.8 Å². The van der Waals surface area contributed by atoms with Crippen molar-refractivity contribution in [3.05, 3.63) is 0 Å². The van der Waals surface area contributed by atoms with E-state index in [1.165, 1.54) is 0 Å². The molecule has 0 aliphatic heterocycles. The van der Waals surface area contributed by atoms with E-state index in [4.69, 9.17) is 6.42 Å². The van der Waals surface area contributed by atoms with E-state index in [-0.39, 0.29) is 0 Å². The lowest BCUT2D eigenvalue weighted by Crippen LogP contribution is -2.03. The Balaban J connectivity index is 4.66. The number of hydrogen-bond donors (Lipinski definition) is 0. The minimum absolute atomic E-state index is 0.413. The molecule has 0 aliphatic carbocycles. The van der Waals surface area contributed by atoms with Crippen molar-refractivity contribution >= 4 is 10.2 Å². The van der Waals surface area contributed by atoms with Gasteiger partial charge in [0.2, 0.25) is 0 Å². The van der Waals surface area contributed by atoms with Gasteiger partial charge in [0.15, 0.2) is 0 Å². The van der Waals surface area contributed by atoms with Crippen molar-refractivity contribution in [1.82, 2.24) is 0 Å². The molecule has 0 nitrogen and oxygen atoms in total. The van der Waals surface area contributed by atoms with Crippen LogP contribution in [0.3, 0.4) is 0 Å². The second-order valence-corrected chi connectivity index (χ2v) is 3.52. The lowest BCUT2D eigenvalue weighted by atomic mass is 10.1. The molecule has 50 valence electrons. The average Bonchev–Trinajstić information content (AvgIpc) is 1.89. The quantitative estimate of drug-likeness (QED) is 0.338. The molecule has 0 aromatic rings. The van der Waals surface area contributed by atoms with Crippen molar-refractivity contribution < 1.29 is 0 Å². The van der Waals surface area contributed by atoms with Gasteiger partial charge in [-0.1, -0.05) is 17.8 Å². The Morgan fingerprint density at radius 1 is 1.20 bits per heavy atom. The van der Waals surface area contributed by atoms with Crippen LogP contribution in [0.15, 0.2) is 0 Å². The molecule has 0 fully saturated rings. The predicted octanol–water partition coefficient (Wildman–Crippen LogP) is 0.190. The highest BCUT2D eigenvalue weighted by Crippen LogP contribution is 2.15. The molecule has 0 heterocycles. The lowest BCUT2D eigenvalue weighted by molar-refractivity contribution is 1.26. The van der Waals surface area contributed by atoms with Gasteiger partial charge in [-0.15, -0.1) is 18.3 Å². The number of rotatable bonds is 0. The van der Waals surface area contributed by atoms with Crippen LogP contribution < -0.4 is 0 Å². The summed E-state index contributed by atoms with van der Waals surface area (Å²) in [5.74, 6) is 14.0. The van der Waals surface area contributed by atoms with Crippen molar-refractivity contribution in [3.8, 4) is 36.0 Å². The SMILES string of the molecule is C#CC([SiH3])(C#CC)C#CC. The largest absolute Gasteiger partial charge is 0.129 e. The third-order valence-electron chi connectivity index (χ3n) is 1.04. The summed E-state index contributed by atoms with van der Waals surface area (Å²) in [5.41, 5.74) is 0. The molecule has 0 radical (unpaired) electrons. The van der Waals surface area contributed by atoms with Gasteiger partial charge in [0.25, 0.3) is 0 Å². The first kappa shape index (κ1) is 8.90. The van der Waals surface area contributed by atoms with Crippen molar-refractivity contribution in [2.75, 3.05) is 0 Å². The first-order valence-electron chi connectivity index (χ1n) is 3.04. The Hall–Kier alpha value is -1.10. The molecule has 0 unspecified atom stereocenters. The van der Waals surface area contributed by atoms with Gasteiger partial charge in [0, 0.05) is 0 Å². The summed E-state index contributed by atoms with van der Waals surface area (Å²) >= 11 is 0. The summed E-state index contributed by atoms with van der Waals surface area (Å²) in [6.07, 6.45) is 5.26. The molecular formula is C9H10Si. The minimum atomic E-state index is -0.413. The minimum Gasteiger partial charge on any atom is -0.118 e. The van der Waals surface area contributed by atoms with Gasteiger partial charge in [0.1, 0.15) is 5.04 Å². The fraction of sp³-hybridized carbons (Fsp3) is 0.333. The molecule has 0 N–H and O–H groups in total. The summed E-state index contributed by atoms with van der Waals surface area (Å²) in [4.78, 5) is 0. The second kappa shape index (κ2) is 3.83. The standard InChI is InChI=1S/C9H10Si/c1-4-7-9(10,6-3)8-5-2/h3H,1-2,10H3. The van der Waals surface area contributed by atoms with E-state index < -0.39 is 5.04 Å². The highest BCUT2D eigenvalue weighted by molar-refractivity contribution is 6.22. The average molecular weight is 146 g/mol. The Morgan fingerprint density at radius 3 is 1.80 bits per heavy atom. The van der Waals surface area contributed by atoms with Crippen LogP contribution in [-0.4, -0.2) is 10.2 Å². The highest BCUT2D eigenvalue weighted by atomic mass is 28.1. The van der Waals surface area contributed by atoms with Crippen LogP contribution >= 0.6 is 0 Å². The molecule has 0 amide bonds. The van der Waals surface area contributed by atoms with Crippen LogP contribution in [0.5, 0.6) is 0 Å². The van der Waals surface area contributed by atoms with E-state index in [9.17, 15) is 0 Å². The Kier molecular flexibility index (Phi) is 3.41. The van der Waals surface area contributed by atoms with E-state index in [1.807, 2.05) is 0 Å². The molecule has 10 heavy (non-hydrogen) atoms. The van der Waals surface area contributed by atoms with Crippen LogP contribution in [-0.2, 0) is 0 Å². The van der Waals surface area contributed by atoms with E-state index in [2.05, 4.69) is 29.6 Å². The zero-order valence-electron chi connectivity index (χ0n) is 6.58. The number of hydrogen-bond acceptors (Lipinski definition) is 0. The summed E-state index contributed by atoms with van der Waals surface area (Å²) in [6, 6.07) is 0. The molecule has 0 atom stereocenters. The smallest absolute Gasteiger partial charge is 0.118 e. The molecule has 0 aromatic heterocycles. The Labute approximate surface area is 65.8 Å². The van der Waals surface area contributed by atoms with Crippen molar-refractivity contribution in [2.45, 2.75) is 18.9 Å². The first-order chi connectivity index (χ1) is 4.68. The third-order valence-corrected chi connectivity index (χ3v) is 1.83. The summed E-state index contributed by atoms with van der Waals surface area (Å²) in [6.45, 7) is 3.56. The molecule has 0 saturated heterocycles. The maximum atomic E-state index is 5.26. The molecule has 0 rings (SSSR count). The normalized spacial score (nSPS) is 8.10. The topological polar surface area (TPSA) is 0 Å². The van der Waals surface area contributed by atoms with Gasteiger partial charge in [-0.25, -0.2) is 0 Å². The van der Waals surface area contributed by atoms with Crippen LogP contribution in [0, 0.1) is 36.0 Å². The monoisotopic (exact) mass is 146 g/mol. The van der Waals surface area contributed by atoms with Gasteiger partial charge in [0.05, 0.1) is 10.2 Å². The van der Waals surface area contributed by atoms with Gasteiger partial charge in [-0.2, -0.15) is 0 Å². The zero-order chi connectivity index (χ0) is 8.04. The molecule has 0 spiro atoms. The lowest BCUT2D eigenvalue weighted by Gasteiger charge is -2.05. The highest BCUT2D eigenvalue weighted by Gasteiger charge is 2.11. The van der Waals surface area contributed by atoms with E-state index in [0.29, 0.717) is 0 Å². The molecule has 0 aromatic carbocycles. The van der Waals surface area contributed by atoms with Crippen molar-refractivity contribution in [3.63, 3.8) is 0 Å². The predicted molar refractivity (Wildman–Crippen MR) is 48.4 cm³/mol. The maximum Gasteiger partial charge on any atom is 0.129 e. The second-order valence-electron chi connectivity index (χ2n) is 2.02. The van der Waals surface area contributed by atoms with Gasteiger partial charge in [-0.3, -0.25) is 0 Å². The summed E-state index contributed by atoms with van der Waals surface area (Å²) < 4.78 is 0. The van der Waals surface area contributed by atoms with E-state index in [0.717, 1.165) is 10.2 Å². The van der Waals surface area contributed by atoms with Crippen LogP contribution in [0.4, 0.5) is 0 Å². The Morgan fingerprint density at radius 2 is 1.60 bits per heavy atom. The molecular weight excluding hydrogens is 136 g/mol. The fourth-order valence-corrected chi connectivity index (χ4v) is 1.10. The zero-order valence-corrected chi connectivity index (χ0v) is 8.58. The van der Waals surface area contributed by atoms with Gasteiger partial charge < -0.3 is 0 Å². The molecule has 1 heteroatoms. The molecule has 0 saturated carbocycles. The molecule has 0 aliphatic rings. The van der Waals surface area contributed by atoms with Crippen molar-refractivity contribution in [1.29, 1.82) is 0 Å². The molecule has 0 bridgehead atoms. The van der Waals surface area contributed by atoms with Crippen LogP contribution in [0.25, 0.3) is 0 Å². The first-order valence-corrected chi connectivity index (χ1v) is 4.04. The summed E-state index contributed by atoms with van der Waals surface area (Å²) in [5, 5.41) is -0.413. The van der Waals surface area contributed by atoms with Gasteiger partial charge in [-0.05, 0) is 13.8 Å². The van der Waals surface area contributed by atoms with Crippen molar-refractivity contribution in [2.24, 2.45) is 0 Å². The van der Waals surface area contributed by atoms with E-state index in [1.54, 1.807) is 13.8 Å². The van der Waals surface area contributed by atoms with E-state index >= 15 is 0 Å². The Bertz CT molecular complexity index is 239.